The van der Waals surface area contributed by atoms with Crippen molar-refractivity contribution in [1.82, 2.24) is 15.5 Å². The Kier molecular flexibility index (Phi) is 9.60. The fourth-order valence-corrected chi connectivity index (χ4v) is 3.17. The minimum atomic E-state index is -0.686. The Bertz CT molecular complexity index is 628. The van der Waals surface area contributed by atoms with Crippen LogP contribution in [0.15, 0.2) is 10.4 Å². The number of rotatable bonds is 9. The number of aliphatic imine (C=N–C) groups is 1. The molecule has 0 unspecified atom stereocenters. The molecule has 1 aromatic heterocycles. The third-order valence-corrected chi connectivity index (χ3v) is 4.72. The zero-order chi connectivity index (χ0) is 19.5. The predicted octanol–water partition coefficient (Wildman–Crippen LogP) is 2.88. The summed E-state index contributed by atoms with van der Waals surface area (Å²) in [5, 5.41) is 18.5. The molecular weight excluding hydrogens is 358 g/mol. The fraction of sp³-hybridized carbons (Fsp3) is 0.625. The van der Waals surface area contributed by atoms with E-state index in [9.17, 15) is 14.9 Å². The van der Waals surface area contributed by atoms with Crippen LogP contribution in [0.4, 0.5) is 15.5 Å². The summed E-state index contributed by atoms with van der Waals surface area (Å²) in [6.45, 7) is 9.23. The van der Waals surface area contributed by atoms with Crippen LogP contribution in [-0.4, -0.2) is 55.2 Å². The zero-order valence-electron chi connectivity index (χ0n) is 15.7. The molecule has 0 aliphatic carbocycles. The molecule has 0 aliphatic rings. The highest BCUT2D eigenvalue weighted by atomic mass is 32.1. The number of ether oxygens (including phenoxy) is 1. The molecule has 0 radical (unpaired) electrons. The molecule has 2 N–H and O–H groups in total. The van der Waals surface area contributed by atoms with Gasteiger partial charge in [-0.15, -0.1) is 0 Å². The van der Waals surface area contributed by atoms with Gasteiger partial charge in [-0.3, -0.25) is 15.4 Å². The molecule has 1 aromatic rings. The number of methoxy groups -OCH3 is 1. The Labute approximate surface area is 157 Å². The number of hydrogen-bond acceptors (Lipinski definition) is 7. The second kappa shape index (κ2) is 11.4. The van der Waals surface area contributed by atoms with Crippen molar-refractivity contribution in [2.24, 2.45) is 4.99 Å². The summed E-state index contributed by atoms with van der Waals surface area (Å²) < 4.78 is 4.61. The normalized spacial score (nSPS) is 11.5. The first-order chi connectivity index (χ1) is 12.5. The molecule has 1 amide bonds. The number of amides is 1. The number of alkyl carbamates (subject to hydrolysis) is 1. The monoisotopic (exact) mass is 385 g/mol. The van der Waals surface area contributed by atoms with Gasteiger partial charge in [0.1, 0.15) is 0 Å². The van der Waals surface area contributed by atoms with E-state index in [4.69, 9.17) is 0 Å². The number of hydrogen-bond donors (Lipinski definition) is 2. The first-order valence-electron chi connectivity index (χ1n) is 8.61. The van der Waals surface area contributed by atoms with E-state index in [1.54, 1.807) is 5.38 Å². The van der Waals surface area contributed by atoms with Crippen LogP contribution in [0.25, 0.3) is 0 Å². The van der Waals surface area contributed by atoms with Crippen molar-refractivity contribution >= 4 is 34.1 Å². The summed E-state index contributed by atoms with van der Waals surface area (Å²) in [5.74, 6) is 0.142. The number of carbonyl (C=O) groups is 1. The minimum Gasteiger partial charge on any atom is -0.453 e. The van der Waals surface area contributed by atoms with Gasteiger partial charge in [-0.25, -0.2) is 9.79 Å². The number of nitrogens with zero attached hydrogens (tertiary/aromatic N) is 3. The molecule has 146 valence electrons. The summed E-state index contributed by atoms with van der Waals surface area (Å²) >= 11 is 1.04. The molecule has 1 rings (SSSR count). The Hall–Kier alpha value is -2.20. The van der Waals surface area contributed by atoms with Gasteiger partial charge in [-0.1, -0.05) is 38.5 Å². The van der Waals surface area contributed by atoms with Crippen molar-refractivity contribution in [3.63, 3.8) is 0 Å². The number of carbonyl (C=O) groups excluding carboxylic acids is 1. The van der Waals surface area contributed by atoms with Gasteiger partial charge in [0.2, 0.25) is 5.96 Å². The molecule has 0 bridgehead atoms. The lowest BCUT2D eigenvalue weighted by Gasteiger charge is -2.19. The predicted molar refractivity (Wildman–Crippen MR) is 103 cm³/mol. The molecule has 9 nitrogen and oxygen atoms in total. The van der Waals surface area contributed by atoms with E-state index in [0.717, 1.165) is 43.0 Å². The molecular formula is C16H27N5O4S. The number of thiophene rings is 1. The highest BCUT2D eigenvalue weighted by Crippen LogP contribution is 2.38. The van der Waals surface area contributed by atoms with E-state index in [2.05, 4.69) is 39.1 Å². The molecule has 0 aliphatic heterocycles. The molecule has 0 saturated heterocycles. The number of likely N-dealkylation sites (N-methyl/N-ethyl adjacent to an activating group) is 1. The Morgan fingerprint density at radius 2 is 2.08 bits per heavy atom. The molecule has 0 spiro atoms. The zero-order valence-corrected chi connectivity index (χ0v) is 16.5. The van der Waals surface area contributed by atoms with Crippen molar-refractivity contribution in [3.8, 4) is 0 Å². The largest absolute Gasteiger partial charge is 0.453 e. The highest BCUT2D eigenvalue weighted by molar-refractivity contribution is 7.14. The second-order valence-electron chi connectivity index (χ2n) is 5.45. The number of guanidine groups is 1. The first kappa shape index (κ1) is 21.8. The summed E-state index contributed by atoms with van der Waals surface area (Å²) in [7, 11) is 1.25. The maximum Gasteiger partial charge on any atom is 0.413 e. The summed E-state index contributed by atoms with van der Waals surface area (Å²) in [6, 6.07) is 0. The summed E-state index contributed by atoms with van der Waals surface area (Å²) in [5.41, 5.74) is 1.07. The number of nitrogens with one attached hydrogen (secondary N) is 2. The SMILES string of the molecule is CCCc1csc([N+](=O)[O-])c1N=C(NCCN(CC)CC)NC(=O)OC. The Morgan fingerprint density at radius 3 is 2.62 bits per heavy atom. The van der Waals surface area contributed by atoms with Crippen molar-refractivity contribution in [2.75, 3.05) is 33.3 Å². The van der Waals surface area contributed by atoms with E-state index in [1.165, 1.54) is 7.11 Å². The lowest BCUT2D eigenvalue weighted by atomic mass is 10.2. The molecule has 26 heavy (non-hydrogen) atoms. The van der Waals surface area contributed by atoms with Crippen LogP contribution in [0, 0.1) is 10.1 Å². The van der Waals surface area contributed by atoms with E-state index in [1.807, 2.05) is 6.92 Å². The molecule has 0 aromatic carbocycles. The van der Waals surface area contributed by atoms with E-state index in [-0.39, 0.29) is 16.6 Å². The fourth-order valence-electron chi connectivity index (χ4n) is 2.32. The average Bonchev–Trinajstić information content (AvgIpc) is 3.01. The standard InChI is InChI=1S/C16H27N5O4S/c1-5-8-12-11-26-14(21(23)24)13(12)18-15(19-16(22)25-4)17-9-10-20(6-2)7-3/h11H,5-10H2,1-4H3,(H2,17,18,19,22). The third kappa shape index (κ3) is 6.60. The van der Waals surface area contributed by atoms with Gasteiger partial charge < -0.3 is 15.0 Å². The lowest BCUT2D eigenvalue weighted by Crippen LogP contribution is -2.43. The van der Waals surface area contributed by atoms with Crippen molar-refractivity contribution in [1.29, 1.82) is 0 Å². The molecule has 0 atom stereocenters. The van der Waals surface area contributed by atoms with Crippen LogP contribution in [0.1, 0.15) is 32.8 Å². The van der Waals surface area contributed by atoms with Crippen LogP contribution in [-0.2, 0) is 11.2 Å². The molecule has 10 heteroatoms. The van der Waals surface area contributed by atoms with Crippen LogP contribution in [0.5, 0.6) is 0 Å². The molecule has 0 fully saturated rings. The van der Waals surface area contributed by atoms with Crippen LogP contribution in [0.2, 0.25) is 0 Å². The van der Waals surface area contributed by atoms with E-state index >= 15 is 0 Å². The lowest BCUT2D eigenvalue weighted by molar-refractivity contribution is -0.379. The van der Waals surface area contributed by atoms with E-state index in [0.29, 0.717) is 13.0 Å². The Balaban J connectivity index is 3.06. The third-order valence-electron chi connectivity index (χ3n) is 3.75. The minimum absolute atomic E-state index is 0.0387. The van der Waals surface area contributed by atoms with Crippen LogP contribution >= 0.6 is 11.3 Å². The maximum absolute atomic E-state index is 11.6. The maximum atomic E-state index is 11.6. The Morgan fingerprint density at radius 1 is 1.38 bits per heavy atom. The molecule has 1 heterocycles. The molecule has 0 saturated carbocycles. The van der Waals surface area contributed by atoms with Gasteiger partial charge in [-0.2, -0.15) is 0 Å². The number of nitro groups is 1. The van der Waals surface area contributed by atoms with Crippen molar-refractivity contribution in [3.05, 3.63) is 21.1 Å². The van der Waals surface area contributed by atoms with Gasteiger partial charge in [0.25, 0.3) is 0 Å². The summed E-state index contributed by atoms with van der Waals surface area (Å²) in [4.78, 5) is 29.0. The second-order valence-corrected chi connectivity index (χ2v) is 6.31. The van der Waals surface area contributed by atoms with Gasteiger partial charge in [0, 0.05) is 18.5 Å². The smallest absolute Gasteiger partial charge is 0.413 e. The van der Waals surface area contributed by atoms with Crippen LogP contribution < -0.4 is 10.6 Å². The van der Waals surface area contributed by atoms with Gasteiger partial charge in [0.05, 0.1) is 12.0 Å². The average molecular weight is 385 g/mol. The summed E-state index contributed by atoms with van der Waals surface area (Å²) in [6.07, 6.45) is 0.827. The topological polar surface area (TPSA) is 109 Å². The van der Waals surface area contributed by atoms with Crippen molar-refractivity contribution < 1.29 is 14.5 Å². The van der Waals surface area contributed by atoms with Gasteiger partial charge in [0.15, 0.2) is 5.69 Å². The quantitative estimate of drug-likeness (QED) is 0.293. The van der Waals surface area contributed by atoms with Gasteiger partial charge in [-0.05, 0) is 25.1 Å². The first-order valence-corrected chi connectivity index (χ1v) is 9.49. The van der Waals surface area contributed by atoms with Crippen LogP contribution in [0.3, 0.4) is 0 Å². The van der Waals surface area contributed by atoms with Crippen molar-refractivity contribution in [2.45, 2.75) is 33.6 Å². The highest BCUT2D eigenvalue weighted by Gasteiger charge is 2.21. The van der Waals surface area contributed by atoms with Gasteiger partial charge >= 0.3 is 11.1 Å². The number of aryl methyl sites for hydroxylation is 1. The van der Waals surface area contributed by atoms with E-state index < -0.39 is 11.0 Å².